The van der Waals surface area contributed by atoms with Crippen LogP contribution in [-0.4, -0.2) is 21.3 Å². The highest BCUT2D eigenvalue weighted by molar-refractivity contribution is 5.40. The van der Waals surface area contributed by atoms with E-state index in [2.05, 4.69) is 9.88 Å². The average Bonchev–Trinajstić information content (AvgIpc) is 2.55. The third kappa shape index (κ3) is 3.36. The zero-order chi connectivity index (χ0) is 17.3. The summed E-state index contributed by atoms with van der Waals surface area (Å²) in [5.41, 5.74) is 3.32. The predicted octanol–water partition coefficient (Wildman–Crippen LogP) is 3.34. The molecule has 2 heterocycles. The molecule has 4 nitrogen and oxygen atoms in total. The van der Waals surface area contributed by atoms with E-state index in [1.807, 2.05) is 33.0 Å². The van der Waals surface area contributed by atoms with Crippen LogP contribution in [0.5, 0.6) is 0 Å². The third-order valence-corrected chi connectivity index (χ3v) is 4.29. The molecule has 24 heavy (non-hydrogen) atoms. The Morgan fingerprint density at radius 1 is 1.21 bits per heavy atom. The highest BCUT2D eigenvalue weighted by atomic mass is 19.1. The van der Waals surface area contributed by atoms with E-state index in [1.54, 1.807) is 28.8 Å². The summed E-state index contributed by atoms with van der Waals surface area (Å²) in [5.74, 6) is -0.242. The zero-order valence-electron chi connectivity index (χ0n) is 14.0. The summed E-state index contributed by atoms with van der Waals surface area (Å²) >= 11 is 0. The number of halogens is 1. The molecule has 0 bridgehead atoms. The summed E-state index contributed by atoms with van der Waals surface area (Å²) in [5, 5.41) is 0. The maximum atomic E-state index is 13.1. The van der Waals surface area contributed by atoms with Gasteiger partial charge < -0.3 is 0 Å². The number of nitrogens with zero attached hydrogens (tertiary/aromatic N) is 3. The largest absolute Gasteiger partial charge is 0.294 e. The standard InChI is InChI=1S/C19H20FN3O/c1-13-4-9-18-21-17(10-19(24)23(18)11-13)12-22(3)14(2)15-5-7-16(20)8-6-15/h4-11,14H,12H2,1-3H3/t14-/m1/s1. The first-order valence-electron chi connectivity index (χ1n) is 7.89. The fourth-order valence-electron chi connectivity index (χ4n) is 2.73. The van der Waals surface area contributed by atoms with Gasteiger partial charge in [-0.25, -0.2) is 9.37 Å². The molecule has 5 heteroatoms. The van der Waals surface area contributed by atoms with Gasteiger partial charge in [-0.3, -0.25) is 14.1 Å². The maximum Gasteiger partial charge on any atom is 0.258 e. The highest BCUT2D eigenvalue weighted by Crippen LogP contribution is 2.20. The zero-order valence-corrected chi connectivity index (χ0v) is 14.0. The molecule has 0 aliphatic carbocycles. The van der Waals surface area contributed by atoms with Crippen LogP contribution in [0.4, 0.5) is 4.39 Å². The van der Waals surface area contributed by atoms with E-state index in [0.29, 0.717) is 12.2 Å². The van der Waals surface area contributed by atoms with Crippen molar-refractivity contribution in [3.63, 3.8) is 0 Å². The molecule has 0 fully saturated rings. The van der Waals surface area contributed by atoms with Gasteiger partial charge in [-0.15, -0.1) is 0 Å². The fraction of sp³-hybridized carbons (Fsp3) is 0.263. The van der Waals surface area contributed by atoms with Gasteiger partial charge >= 0.3 is 0 Å². The van der Waals surface area contributed by atoms with Crippen molar-refractivity contribution in [2.75, 3.05) is 7.05 Å². The number of aryl methyl sites for hydroxylation is 1. The normalized spacial score (nSPS) is 12.7. The van der Waals surface area contributed by atoms with E-state index in [1.165, 1.54) is 12.1 Å². The molecule has 3 aromatic rings. The second-order valence-corrected chi connectivity index (χ2v) is 6.16. The fourth-order valence-corrected chi connectivity index (χ4v) is 2.73. The van der Waals surface area contributed by atoms with Crippen molar-refractivity contribution in [1.82, 2.24) is 14.3 Å². The lowest BCUT2D eigenvalue weighted by Crippen LogP contribution is -2.24. The van der Waals surface area contributed by atoms with Gasteiger partial charge in [0.05, 0.1) is 5.69 Å². The van der Waals surface area contributed by atoms with Gasteiger partial charge in [-0.1, -0.05) is 18.2 Å². The molecule has 0 saturated heterocycles. The first-order valence-corrected chi connectivity index (χ1v) is 7.89. The van der Waals surface area contributed by atoms with Crippen molar-refractivity contribution in [2.24, 2.45) is 0 Å². The number of aromatic nitrogens is 2. The van der Waals surface area contributed by atoms with E-state index < -0.39 is 0 Å². The molecule has 124 valence electrons. The van der Waals surface area contributed by atoms with Crippen LogP contribution in [0.3, 0.4) is 0 Å². The minimum atomic E-state index is -0.242. The van der Waals surface area contributed by atoms with E-state index in [4.69, 9.17) is 0 Å². The Morgan fingerprint density at radius 2 is 1.92 bits per heavy atom. The summed E-state index contributed by atoms with van der Waals surface area (Å²) in [7, 11) is 1.96. The number of rotatable bonds is 4. The Morgan fingerprint density at radius 3 is 2.62 bits per heavy atom. The molecular formula is C19H20FN3O. The lowest BCUT2D eigenvalue weighted by Gasteiger charge is -2.24. The average molecular weight is 325 g/mol. The van der Waals surface area contributed by atoms with Crippen LogP contribution in [-0.2, 0) is 6.54 Å². The minimum absolute atomic E-state index is 0.0819. The lowest BCUT2D eigenvalue weighted by molar-refractivity contribution is 0.250. The number of pyridine rings is 1. The molecule has 0 aliphatic rings. The monoisotopic (exact) mass is 325 g/mol. The van der Waals surface area contributed by atoms with Crippen molar-refractivity contribution >= 4 is 5.65 Å². The van der Waals surface area contributed by atoms with Gasteiger partial charge in [0.1, 0.15) is 11.5 Å². The Hall–Kier alpha value is -2.53. The highest BCUT2D eigenvalue weighted by Gasteiger charge is 2.13. The molecule has 1 aromatic carbocycles. The van der Waals surface area contributed by atoms with Gasteiger partial charge in [-0.2, -0.15) is 0 Å². The van der Waals surface area contributed by atoms with Crippen molar-refractivity contribution in [3.8, 4) is 0 Å². The summed E-state index contributed by atoms with van der Waals surface area (Å²) in [6.45, 7) is 4.53. The van der Waals surface area contributed by atoms with Crippen LogP contribution in [0.25, 0.3) is 5.65 Å². The molecule has 0 aliphatic heterocycles. The number of hydrogen-bond acceptors (Lipinski definition) is 3. The Kier molecular flexibility index (Phi) is 4.44. The molecule has 2 aromatic heterocycles. The molecule has 0 N–H and O–H groups in total. The van der Waals surface area contributed by atoms with Gasteiger partial charge in [-0.05, 0) is 50.2 Å². The van der Waals surface area contributed by atoms with Crippen LogP contribution in [0, 0.1) is 12.7 Å². The molecule has 0 saturated carbocycles. The van der Waals surface area contributed by atoms with Crippen molar-refractivity contribution < 1.29 is 4.39 Å². The molecule has 0 radical (unpaired) electrons. The number of benzene rings is 1. The third-order valence-electron chi connectivity index (χ3n) is 4.29. The van der Waals surface area contributed by atoms with Crippen molar-refractivity contribution in [1.29, 1.82) is 0 Å². The smallest absolute Gasteiger partial charge is 0.258 e. The van der Waals surface area contributed by atoms with Crippen LogP contribution >= 0.6 is 0 Å². The van der Waals surface area contributed by atoms with Crippen LogP contribution in [0.2, 0.25) is 0 Å². The summed E-state index contributed by atoms with van der Waals surface area (Å²) in [4.78, 5) is 18.9. The summed E-state index contributed by atoms with van der Waals surface area (Å²) < 4.78 is 14.6. The first-order chi connectivity index (χ1) is 11.4. The van der Waals surface area contributed by atoms with Crippen LogP contribution < -0.4 is 5.56 Å². The van der Waals surface area contributed by atoms with Crippen LogP contribution in [0.15, 0.2) is 53.5 Å². The van der Waals surface area contributed by atoms with Crippen molar-refractivity contribution in [2.45, 2.75) is 26.4 Å². The van der Waals surface area contributed by atoms with E-state index >= 15 is 0 Å². The molecule has 1 atom stereocenters. The van der Waals surface area contributed by atoms with Gasteiger partial charge in [0, 0.05) is 24.8 Å². The molecule has 0 amide bonds. The van der Waals surface area contributed by atoms with E-state index in [-0.39, 0.29) is 17.4 Å². The van der Waals surface area contributed by atoms with E-state index in [0.717, 1.165) is 16.8 Å². The lowest BCUT2D eigenvalue weighted by atomic mass is 10.1. The predicted molar refractivity (Wildman–Crippen MR) is 92.5 cm³/mol. The number of fused-ring (bicyclic) bond motifs is 1. The second kappa shape index (κ2) is 6.53. The van der Waals surface area contributed by atoms with E-state index in [9.17, 15) is 9.18 Å². The summed E-state index contributed by atoms with van der Waals surface area (Å²) in [6.07, 6.45) is 1.79. The second-order valence-electron chi connectivity index (χ2n) is 6.16. The SMILES string of the molecule is Cc1ccc2nc(CN(C)[C@H](C)c3ccc(F)cc3)cc(=O)n2c1. The van der Waals surface area contributed by atoms with Gasteiger partial charge in [0.2, 0.25) is 0 Å². The molecule has 0 spiro atoms. The van der Waals surface area contributed by atoms with Gasteiger partial charge in [0.25, 0.3) is 5.56 Å². The van der Waals surface area contributed by atoms with Gasteiger partial charge in [0.15, 0.2) is 0 Å². The van der Waals surface area contributed by atoms with Crippen LogP contribution in [0.1, 0.15) is 29.8 Å². The molecular weight excluding hydrogens is 305 g/mol. The Balaban J connectivity index is 1.84. The quantitative estimate of drug-likeness (QED) is 0.738. The maximum absolute atomic E-state index is 13.1. The molecule has 0 unspecified atom stereocenters. The van der Waals surface area contributed by atoms with Crippen molar-refractivity contribution in [3.05, 3.63) is 81.7 Å². The topological polar surface area (TPSA) is 37.6 Å². The Bertz CT molecular complexity index is 918. The minimum Gasteiger partial charge on any atom is -0.294 e. The Labute approximate surface area is 140 Å². The first kappa shape index (κ1) is 16.3. The molecule has 3 rings (SSSR count). The number of hydrogen-bond donors (Lipinski definition) is 0. The summed E-state index contributed by atoms with van der Waals surface area (Å²) in [6, 6.07) is 11.9.